The first-order valence-corrected chi connectivity index (χ1v) is 8.36. The van der Waals surface area contributed by atoms with Crippen LogP contribution < -0.4 is 9.47 Å². The third kappa shape index (κ3) is 4.63. The Morgan fingerprint density at radius 1 is 1.29 bits per heavy atom. The summed E-state index contributed by atoms with van der Waals surface area (Å²) in [6.07, 6.45) is 2.44. The SMILES string of the molecule is CCOc1cc(CN(C)C(=O)CN2CCCCC2=O)ccc1OC. The second kappa shape index (κ2) is 8.57. The molecule has 1 heterocycles. The van der Waals surface area contributed by atoms with Crippen LogP contribution in [-0.2, 0) is 16.1 Å². The van der Waals surface area contributed by atoms with Gasteiger partial charge in [0.05, 0.1) is 20.3 Å². The van der Waals surface area contributed by atoms with Crippen LogP contribution in [-0.4, -0.2) is 55.5 Å². The van der Waals surface area contributed by atoms with Gasteiger partial charge in [-0.25, -0.2) is 0 Å². The molecule has 1 aliphatic heterocycles. The number of nitrogens with zero attached hydrogens (tertiary/aromatic N) is 2. The van der Waals surface area contributed by atoms with Crippen LogP contribution in [0.2, 0.25) is 0 Å². The summed E-state index contributed by atoms with van der Waals surface area (Å²) in [5.74, 6) is 1.36. The number of hydrogen-bond donors (Lipinski definition) is 0. The fourth-order valence-electron chi connectivity index (χ4n) is 2.76. The lowest BCUT2D eigenvalue weighted by Gasteiger charge is -2.28. The lowest BCUT2D eigenvalue weighted by molar-refractivity contribution is -0.141. The van der Waals surface area contributed by atoms with Crippen LogP contribution in [0.4, 0.5) is 0 Å². The summed E-state index contributed by atoms with van der Waals surface area (Å²) in [7, 11) is 3.35. The smallest absolute Gasteiger partial charge is 0.242 e. The first kappa shape index (κ1) is 18.1. The standard InChI is InChI=1S/C18H26N2O4/c1-4-24-16-11-14(8-9-15(16)23-3)12-19(2)18(22)13-20-10-6-5-7-17(20)21/h8-9,11H,4-7,10,12-13H2,1-3H3. The van der Waals surface area contributed by atoms with Gasteiger partial charge in [-0.3, -0.25) is 9.59 Å². The number of rotatable bonds is 7. The largest absolute Gasteiger partial charge is 0.493 e. The first-order chi connectivity index (χ1) is 11.5. The van der Waals surface area contributed by atoms with Crippen LogP contribution in [0.15, 0.2) is 18.2 Å². The van der Waals surface area contributed by atoms with Gasteiger partial charge in [0.25, 0.3) is 0 Å². The van der Waals surface area contributed by atoms with E-state index in [0.717, 1.165) is 18.4 Å². The monoisotopic (exact) mass is 334 g/mol. The zero-order chi connectivity index (χ0) is 17.5. The quantitative estimate of drug-likeness (QED) is 0.766. The minimum Gasteiger partial charge on any atom is -0.493 e. The topological polar surface area (TPSA) is 59.1 Å². The molecule has 0 aliphatic carbocycles. The average molecular weight is 334 g/mol. The molecule has 0 N–H and O–H groups in total. The van der Waals surface area contributed by atoms with E-state index in [4.69, 9.17) is 9.47 Å². The summed E-state index contributed by atoms with van der Waals surface area (Å²) < 4.78 is 10.8. The van der Waals surface area contributed by atoms with Crippen molar-refractivity contribution in [1.82, 2.24) is 9.80 Å². The van der Waals surface area contributed by atoms with Gasteiger partial charge in [0, 0.05) is 26.6 Å². The number of methoxy groups -OCH3 is 1. The molecule has 132 valence electrons. The highest BCUT2D eigenvalue weighted by Gasteiger charge is 2.22. The van der Waals surface area contributed by atoms with Gasteiger partial charge >= 0.3 is 0 Å². The molecule has 1 aromatic carbocycles. The molecule has 2 rings (SSSR count). The first-order valence-electron chi connectivity index (χ1n) is 8.36. The molecular weight excluding hydrogens is 308 g/mol. The number of ether oxygens (including phenoxy) is 2. The maximum atomic E-state index is 12.4. The molecule has 2 amide bonds. The van der Waals surface area contributed by atoms with E-state index in [1.807, 2.05) is 25.1 Å². The predicted molar refractivity (Wildman–Crippen MR) is 91.1 cm³/mol. The molecule has 1 aliphatic rings. The summed E-state index contributed by atoms with van der Waals surface area (Å²) in [4.78, 5) is 27.5. The maximum Gasteiger partial charge on any atom is 0.242 e. The summed E-state index contributed by atoms with van der Waals surface area (Å²) in [6, 6.07) is 5.64. The summed E-state index contributed by atoms with van der Waals surface area (Å²) in [6.45, 7) is 3.76. The van der Waals surface area contributed by atoms with Crippen LogP contribution in [0.25, 0.3) is 0 Å². The van der Waals surface area contributed by atoms with E-state index in [1.165, 1.54) is 0 Å². The zero-order valence-electron chi connectivity index (χ0n) is 14.7. The molecule has 0 atom stereocenters. The van der Waals surface area contributed by atoms with Gasteiger partial charge in [-0.2, -0.15) is 0 Å². The molecule has 0 unspecified atom stereocenters. The number of likely N-dealkylation sites (N-methyl/N-ethyl adjacent to an activating group) is 1. The van der Waals surface area contributed by atoms with E-state index in [0.29, 0.717) is 37.6 Å². The van der Waals surface area contributed by atoms with Crippen LogP contribution in [0.1, 0.15) is 31.7 Å². The molecule has 0 saturated carbocycles. The van der Waals surface area contributed by atoms with Crippen LogP contribution in [0.5, 0.6) is 11.5 Å². The molecule has 0 bridgehead atoms. The highest BCUT2D eigenvalue weighted by Crippen LogP contribution is 2.28. The second-order valence-electron chi connectivity index (χ2n) is 5.94. The Morgan fingerprint density at radius 3 is 2.75 bits per heavy atom. The van der Waals surface area contributed by atoms with Gasteiger partial charge in [0.2, 0.25) is 11.8 Å². The Balaban J connectivity index is 1.97. The van der Waals surface area contributed by atoms with Crippen molar-refractivity contribution in [1.29, 1.82) is 0 Å². The Hall–Kier alpha value is -2.24. The number of benzene rings is 1. The summed E-state index contributed by atoms with van der Waals surface area (Å²) >= 11 is 0. The average Bonchev–Trinajstić information content (AvgIpc) is 2.57. The van der Waals surface area contributed by atoms with Crippen molar-refractivity contribution >= 4 is 11.8 Å². The van der Waals surface area contributed by atoms with E-state index in [1.54, 1.807) is 24.0 Å². The Kier molecular flexibility index (Phi) is 6.46. The number of likely N-dealkylation sites (tertiary alicyclic amines) is 1. The third-order valence-electron chi connectivity index (χ3n) is 4.12. The van der Waals surface area contributed by atoms with E-state index in [2.05, 4.69) is 0 Å². The second-order valence-corrected chi connectivity index (χ2v) is 5.94. The Labute approximate surface area is 143 Å². The Morgan fingerprint density at radius 2 is 2.08 bits per heavy atom. The minimum absolute atomic E-state index is 0.0565. The van der Waals surface area contributed by atoms with Crippen molar-refractivity contribution in [3.63, 3.8) is 0 Å². The number of carbonyl (C=O) groups excluding carboxylic acids is 2. The van der Waals surface area contributed by atoms with Gasteiger partial charge in [-0.1, -0.05) is 6.07 Å². The minimum atomic E-state index is -0.0565. The summed E-state index contributed by atoms with van der Waals surface area (Å²) in [5.41, 5.74) is 0.958. The lowest BCUT2D eigenvalue weighted by Crippen LogP contribution is -2.43. The van der Waals surface area contributed by atoms with Gasteiger partial charge < -0.3 is 19.3 Å². The van der Waals surface area contributed by atoms with Gasteiger partial charge in [-0.05, 0) is 37.5 Å². The van der Waals surface area contributed by atoms with Crippen molar-refractivity contribution in [3.8, 4) is 11.5 Å². The molecule has 0 spiro atoms. The van der Waals surface area contributed by atoms with Crippen LogP contribution in [0, 0.1) is 0 Å². The van der Waals surface area contributed by atoms with Gasteiger partial charge in [0.15, 0.2) is 11.5 Å². The highest BCUT2D eigenvalue weighted by atomic mass is 16.5. The van der Waals surface area contributed by atoms with E-state index in [-0.39, 0.29) is 18.4 Å². The van der Waals surface area contributed by atoms with Crippen molar-refractivity contribution in [2.75, 3.05) is 33.9 Å². The number of carbonyl (C=O) groups is 2. The fourth-order valence-corrected chi connectivity index (χ4v) is 2.76. The summed E-state index contributed by atoms with van der Waals surface area (Å²) in [5, 5.41) is 0. The molecule has 6 heteroatoms. The molecule has 6 nitrogen and oxygen atoms in total. The zero-order valence-corrected chi connectivity index (χ0v) is 14.7. The van der Waals surface area contributed by atoms with E-state index in [9.17, 15) is 9.59 Å². The Bertz CT molecular complexity index is 588. The van der Waals surface area contributed by atoms with Crippen molar-refractivity contribution < 1.29 is 19.1 Å². The van der Waals surface area contributed by atoms with Gasteiger partial charge in [0.1, 0.15) is 0 Å². The number of amides is 2. The third-order valence-corrected chi connectivity index (χ3v) is 4.12. The van der Waals surface area contributed by atoms with E-state index >= 15 is 0 Å². The number of hydrogen-bond acceptors (Lipinski definition) is 4. The molecule has 0 radical (unpaired) electrons. The maximum absolute atomic E-state index is 12.4. The van der Waals surface area contributed by atoms with E-state index < -0.39 is 0 Å². The molecule has 1 aromatic rings. The molecule has 24 heavy (non-hydrogen) atoms. The molecule has 1 fully saturated rings. The molecule has 1 saturated heterocycles. The highest BCUT2D eigenvalue weighted by molar-refractivity contribution is 5.85. The fraction of sp³-hybridized carbons (Fsp3) is 0.556. The van der Waals surface area contributed by atoms with Crippen molar-refractivity contribution in [3.05, 3.63) is 23.8 Å². The lowest BCUT2D eigenvalue weighted by atomic mass is 10.1. The predicted octanol–water partition coefficient (Wildman–Crippen LogP) is 2.06. The number of piperidine rings is 1. The molecular formula is C18H26N2O4. The van der Waals surface area contributed by atoms with Gasteiger partial charge in [-0.15, -0.1) is 0 Å². The van der Waals surface area contributed by atoms with Crippen molar-refractivity contribution in [2.45, 2.75) is 32.7 Å². The van der Waals surface area contributed by atoms with Crippen LogP contribution >= 0.6 is 0 Å². The van der Waals surface area contributed by atoms with Crippen LogP contribution in [0.3, 0.4) is 0 Å². The van der Waals surface area contributed by atoms with Crippen molar-refractivity contribution in [2.24, 2.45) is 0 Å². The normalized spacial score (nSPS) is 14.5. The molecule has 0 aromatic heterocycles.